The molecule has 2 N–H and O–H groups in total. The van der Waals surface area contributed by atoms with Crippen molar-refractivity contribution in [1.82, 2.24) is 34.9 Å². The second-order valence-electron chi connectivity index (χ2n) is 8.08. The average molecular weight is 422 g/mol. The van der Waals surface area contributed by atoms with Gasteiger partial charge in [-0.15, -0.1) is 0 Å². The van der Waals surface area contributed by atoms with E-state index in [1.807, 2.05) is 56.6 Å². The lowest BCUT2D eigenvalue weighted by atomic mass is 10.1. The first-order valence-electron chi connectivity index (χ1n) is 10.7. The molecule has 1 aliphatic rings. The molecule has 32 heavy (non-hydrogen) atoms. The van der Waals surface area contributed by atoms with Gasteiger partial charge in [0, 0.05) is 47.9 Å². The Morgan fingerprint density at radius 2 is 1.94 bits per heavy atom. The minimum absolute atomic E-state index is 0.787. The summed E-state index contributed by atoms with van der Waals surface area (Å²) in [6.07, 6.45) is 4.86. The second-order valence-corrected chi connectivity index (χ2v) is 8.08. The van der Waals surface area contributed by atoms with Crippen molar-refractivity contribution in [2.24, 2.45) is 0 Å². The van der Waals surface area contributed by atoms with Crippen LogP contribution >= 0.6 is 0 Å². The number of hydrogen-bond donors (Lipinski definition) is 2. The predicted molar refractivity (Wildman–Crippen MR) is 124 cm³/mol. The van der Waals surface area contributed by atoms with E-state index in [-0.39, 0.29) is 0 Å². The van der Waals surface area contributed by atoms with Crippen LogP contribution in [0.25, 0.3) is 44.8 Å². The molecule has 0 spiro atoms. The Kier molecular flexibility index (Phi) is 4.24. The molecule has 0 bridgehead atoms. The molecule has 0 aliphatic carbocycles. The van der Waals surface area contributed by atoms with Gasteiger partial charge in [0.05, 0.1) is 28.1 Å². The Bertz CT molecular complexity index is 1460. The number of aryl methyl sites for hydroxylation is 3. The molecule has 5 aromatic rings. The Morgan fingerprint density at radius 1 is 1.00 bits per heavy atom. The summed E-state index contributed by atoms with van der Waals surface area (Å²) in [6.45, 7) is 5.91. The molecule has 6 rings (SSSR count). The van der Waals surface area contributed by atoms with E-state index in [4.69, 9.17) is 10.1 Å². The van der Waals surface area contributed by atoms with E-state index in [9.17, 15) is 0 Å². The number of rotatable bonds is 3. The van der Waals surface area contributed by atoms with Crippen molar-refractivity contribution in [3.8, 4) is 33.8 Å². The highest BCUT2D eigenvalue weighted by molar-refractivity contribution is 5.87. The average Bonchev–Trinajstić information content (AvgIpc) is 3.42. The van der Waals surface area contributed by atoms with Gasteiger partial charge in [-0.05, 0) is 50.6 Å². The molecule has 5 aromatic heterocycles. The first-order valence-corrected chi connectivity index (χ1v) is 10.7. The number of nitrogens with zero attached hydrogens (tertiary/aromatic N) is 6. The molecule has 1 aliphatic heterocycles. The highest BCUT2D eigenvalue weighted by Crippen LogP contribution is 2.35. The summed E-state index contributed by atoms with van der Waals surface area (Å²) < 4.78 is 2.05. The van der Waals surface area contributed by atoms with Crippen LogP contribution in [0, 0.1) is 13.8 Å². The molecule has 158 valence electrons. The molecule has 8 nitrogen and oxygen atoms in total. The summed E-state index contributed by atoms with van der Waals surface area (Å²) in [5.41, 5.74) is 9.09. The van der Waals surface area contributed by atoms with Gasteiger partial charge in [-0.3, -0.25) is 15.1 Å². The van der Waals surface area contributed by atoms with Crippen LogP contribution in [0.15, 0.2) is 48.8 Å². The molecule has 0 atom stereocenters. The molecule has 0 amide bonds. The van der Waals surface area contributed by atoms with Crippen LogP contribution in [-0.4, -0.2) is 41.5 Å². The zero-order chi connectivity index (χ0) is 21.7. The summed E-state index contributed by atoms with van der Waals surface area (Å²) in [6, 6.07) is 12.0. The van der Waals surface area contributed by atoms with Crippen LogP contribution in [-0.2, 0) is 6.54 Å². The maximum atomic E-state index is 4.94. The van der Waals surface area contributed by atoms with E-state index in [1.165, 1.54) is 0 Å². The molecule has 0 radical (unpaired) electrons. The van der Waals surface area contributed by atoms with Gasteiger partial charge in [0.2, 0.25) is 0 Å². The van der Waals surface area contributed by atoms with Crippen molar-refractivity contribution in [2.45, 2.75) is 26.8 Å². The predicted octanol–water partition coefficient (Wildman–Crippen LogP) is 4.38. The van der Waals surface area contributed by atoms with Crippen LogP contribution in [0.3, 0.4) is 0 Å². The maximum absolute atomic E-state index is 4.94. The highest BCUT2D eigenvalue weighted by Gasteiger charge is 2.20. The van der Waals surface area contributed by atoms with Crippen LogP contribution < -0.4 is 5.32 Å². The standard InChI is InChI=1S/C24H22N8/c1-14-5-3-6-20(28-14)23-17(13-27-30-23)18-7-8-19-21(29-18)11-16(12-26-19)22-15(2)31-32-10-4-9-25-24(22)32/h3,5-8,11-13,25H,4,9-10H2,1-2H3,(H,27,30). The van der Waals surface area contributed by atoms with Gasteiger partial charge in [-0.2, -0.15) is 10.2 Å². The fourth-order valence-corrected chi connectivity index (χ4v) is 4.35. The molecule has 8 heteroatoms. The third-order valence-corrected chi connectivity index (χ3v) is 5.84. The van der Waals surface area contributed by atoms with E-state index in [1.54, 1.807) is 0 Å². The molecule has 0 fully saturated rings. The van der Waals surface area contributed by atoms with Crippen LogP contribution in [0.5, 0.6) is 0 Å². The Morgan fingerprint density at radius 3 is 2.84 bits per heavy atom. The Balaban J connectivity index is 1.46. The zero-order valence-electron chi connectivity index (χ0n) is 17.9. The van der Waals surface area contributed by atoms with Crippen molar-refractivity contribution < 1.29 is 0 Å². The lowest BCUT2D eigenvalue weighted by Gasteiger charge is -2.17. The summed E-state index contributed by atoms with van der Waals surface area (Å²) in [5.74, 6) is 1.06. The van der Waals surface area contributed by atoms with Gasteiger partial charge in [0.15, 0.2) is 0 Å². The third kappa shape index (κ3) is 3.03. The molecular formula is C24H22N8. The van der Waals surface area contributed by atoms with Crippen molar-refractivity contribution in [3.05, 3.63) is 60.2 Å². The maximum Gasteiger partial charge on any atom is 0.132 e. The summed E-state index contributed by atoms with van der Waals surface area (Å²) in [7, 11) is 0. The lowest BCUT2D eigenvalue weighted by Crippen LogP contribution is -2.17. The number of nitrogens with one attached hydrogen (secondary N) is 2. The van der Waals surface area contributed by atoms with E-state index < -0.39 is 0 Å². The molecular weight excluding hydrogens is 400 g/mol. The van der Waals surface area contributed by atoms with Gasteiger partial charge < -0.3 is 5.32 Å². The van der Waals surface area contributed by atoms with Gasteiger partial charge in [0.1, 0.15) is 11.5 Å². The Labute approximate surface area is 184 Å². The monoisotopic (exact) mass is 422 g/mol. The van der Waals surface area contributed by atoms with Crippen molar-refractivity contribution >= 4 is 16.9 Å². The molecule has 6 heterocycles. The van der Waals surface area contributed by atoms with Gasteiger partial charge >= 0.3 is 0 Å². The fraction of sp³-hybridized carbons (Fsp3) is 0.208. The first kappa shape index (κ1) is 18.7. The number of H-pyrrole nitrogens is 1. The third-order valence-electron chi connectivity index (χ3n) is 5.84. The van der Waals surface area contributed by atoms with Crippen LogP contribution in [0.4, 0.5) is 5.82 Å². The normalized spacial score (nSPS) is 13.2. The van der Waals surface area contributed by atoms with E-state index in [2.05, 4.69) is 36.2 Å². The van der Waals surface area contributed by atoms with Gasteiger partial charge in [-0.1, -0.05) is 6.07 Å². The minimum atomic E-state index is 0.787. The number of pyridine rings is 3. The molecule has 0 saturated heterocycles. The quantitative estimate of drug-likeness (QED) is 0.448. The number of hydrogen-bond acceptors (Lipinski definition) is 6. The van der Waals surface area contributed by atoms with Gasteiger partial charge in [-0.25, -0.2) is 9.67 Å². The largest absolute Gasteiger partial charge is 0.370 e. The minimum Gasteiger partial charge on any atom is -0.370 e. The van der Waals surface area contributed by atoms with Crippen molar-refractivity contribution in [3.63, 3.8) is 0 Å². The topological polar surface area (TPSA) is 97.2 Å². The first-order chi connectivity index (χ1) is 15.7. The smallest absolute Gasteiger partial charge is 0.132 e. The van der Waals surface area contributed by atoms with E-state index in [0.29, 0.717) is 0 Å². The zero-order valence-corrected chi connectivity index (χ0v) is 17.9. The summed E-state index contributed by atoms with van der Waals surface area (Å²) >= 11 is 0. The van der Waals surface area contributed by atoms with Gasteiger partial charge in [0.25, 0.3) is 0 Å². The molecule has 0 unspecified atom stereocenters. The Hall–Kier alpha value is -4.07. The lowest BCUT2D eigenvalue weighted by molar-refractivity contribution is 0.564. The molecule has 0 saturated carbocycles. The summed E-state index contributed by atoms with van der Waals surface area (Å²) in [5, 5.41) is 15.6. The van der Waals surface area contributed by atoms with Crippen molar-refractivity contribution in [1.29, 1.82) is 0 Å². The number of aromatic nitrogens is 7. The highest BCUT2D eigenvalue weighted by atomic mass is 15.3. The molecule has 0 aromatic carbocycles. The summed E-state index contributed by atoms with van der Waals surface area (Å²) in [4.78, 5) is 14.2. The second kappa shape index (κ2) is 7.26. The van der Waals surface area contributed by atoms with Crippen LogP contribution in [0.2, 0.25) is 0 Å². The van der Waals surface area contributed by atoms with E-state index in [0.717, 1.165) is 81.5 Å². The number of aromatic amines is 1. The van der Waals surface area contributed by atoms with Crippen LogP contribution in [0.1, 0.15) is 17.8 Å². The number of anilines is 1. The number of fused-ring (bicyclic) bond motifs is 2. The van der Waals surface area contributed by atoms with E-state index >= 15 is 0 Å². The SMILES string of the molecule is Cc1cccc(-c2n[nH]cc2-c2ccc3ncc(-c4c(C)nn5c4NCCC5)cc3n2)n1. The fourth-order valence-electron chi connectivity index (χ4n) is 4.35. The van der Waals surface area contributed by atoms with Crippen molar-refractivity contribution in [2.75, 3.05) is 11.9 Å².